The molecule has 4 aromatic rings. The minimum absolute atomic E-state index is 0. The monoisotopic (exact) mass is 459 g/mol. The molecule has 0 aliphatic heterocycles. The Morgan fingerprint density at radius 3 is 2.00 bits per heavy atom. The molecule has 0 aliphatic carbocycles. The van der Waals surface area contributed by atoms with E-state index in [1.54, 1.807) is 0 Å². The Bertz CT molecular complexity index is 1130. The van der Waals surface area contributed by atoms with E-state index < -0.39 is 6.10 Å². The second-order valence-electron chi connectivity index (χ2n) is 7.72. The molecule has 0 amide bonds. The summed E-state index contributed by atoms with van der Waals surface area (Å²) in [5, 5.41) is 10.4. The number of Topliss-reactive ketones (excluding diaryl/α,β-unsaturated/α-hetero) is 1. The first-order valence-electron chi connectivity index (χ1n) is 10.7. The fourth-order valence-corrected chi connectivity index (χ4v) is 3.51. The van der Waals surface area contributed by atoms with Gasteiger partial charge in [-0.05, 0) is 28.8 Å². The highest BCUT2D eigenvalue weighted by atomic mass is 35.5. The van der Waals surface area contributed by atoms with E-state index in [1.165, 1.54) is 0 Å². The number of ketones is 1. The Morgan fingerprint density at radius 1 is 0.788 bits per heavy atom. The van der Waals surface area contributed by atoms with Crippen LogP contribution < -0.4 is 21.7 Å². The predicted molar refractivity (Wildman–Crippen MR) is 124 cm³/mol. The van der Waals surface area contributed by atoms with Gasteiger partial charge in [-0.3, -0.25) is 4.79 Å². The summed E-state index contributed by atoms with van der Waals surface area (Å²) in [7, 11) is 0. The molecule has 33 heavy (non-hydrogen) atoms. The average molecular weight is 460 g/mol. The van der Waals surface area contributed by atoms with E-state index in [9.17, 15) is 9.90 Å². The maximum atomic E-state index is 12.3. The summed E-state index contributed by atoms with van der Waals surface area (Å²) in [5.41, 5.74) is 3.95. The average Bonchev–Trinajstić information content (AvgIpc) is 2.85. The Kier molecular flexibility index (Phi) is 8.76. The third-order valence-electron chi connectivity index (χ3n) is 5.25. The van der Waals surface area contributed by atoms with Crippen LogP contribution in [0.15, 0.2) is 109 Å². The molecule has 0 bridgehead atoms. The van der Waals surface area contributed by atoms with Crippen LogP contribution in [0, 0.1) is 0 Å². The number of nitrogens with zero attached hydrogens (tertiary/aromatic N) is 1. The molecular weight excluding hydrogens is 434 g/mol. The molecule has 1 aromatic heterocycles. The van der Waals surface area contributed by atoms with E-state index in [0.29, 0.717) is 24.3 Å². The molecule has 3 aromatic carbocycles. The quantitative estimate of drug-likeness (QED) is 0.305. The van der Waals surface area contributed by atoms with Crippen molar-refractivity contribution in [3.8, 4) is 16.9 Å². The number of rotatable bonds is 9. The number of aliphatic hydroxyl groups excluding tert-OH is 1. The van der Waals surface area contributed by atoms with Crippen LogP contribution in [-0.2, 0) is 13.0 Å². The van der Waals surface area contributed by atoms with Gasteiger partial charge in [-0.2, -0.15) is 0 Å². The van der Waals surface area contributed by atoms with Gasteiger partial charge in [0.15, 0.2) is 24.7 Å². The van der Waals surface area contributed by atoms with Gasteiger partial charge in [-0.15, -0.1) is 0 Å². The van der Waals surface area contributed by atoms with Crippen LogP contribution in [0.4, 0.5) is 0 Å². The number of carbonyl (C=O) groups excluding carboxylic acids is 1. The Balaban J connectivity index is 0.00000306. The van der Waals surface area contributed by atoms with Crippen molar-refractivity contribution in [2.75, 3.05) is 6.61 Å². The third kappa shape index (κ3) is 7.01. The zero-order chi connectivity index (χ0) is 22.2. The fraction of sp³-hybridized carbons (Fsp3) is 0.143. The number of hydrogen-bond donors (Lipinski definition) is 1. The molecular formula is C28H26ClNO3. The van der Waals surface area contributed by atoms with Crippen LogP contribution in [0.3, 0.4) is 0 Å². The van der Waals surface area contributed by atoms with E-state index in [0.717, 1.165) is 16.7 Å². The smallest absolute Gasteiger partial charge is 0.177 e. The zero-order valence-electron chi connectivity index (χ0n) is 18.2. The van der Waals surface area contributed by atoms with Crippen molar-refractivity contribution in [2.24, 2.45) is 0 Å². The van der Waals surface area contributed by atoms with E-state index in [1.807, 2.05) is 102 Å². The molecule has 0 aliphatic rings. The highest BCUT2D eigenvalue weighted by Gasteiger charge is 2.13. The number of aromatic nitrogens is 1. The summed E-state index contributed by atoms with van der Waals surface area (Å²) in [4.78, 5) is 12.3. The van der Waals surface area contributed by atoms with Gasteiger partial charge >= 0.3 is 0 Å². The standard InChI is InChI=1S/C28H26NO3.ClH/c30-26(20-29-17-15-24(16-18-29)23-7-3-1-4-8-23)21-32-27-13-11-22(12-14-27)19-28(31)25-9-5-2-6-10-25;/h1-18,26,30H,19-21H2;1H/q+1;/p-1. The number of halogens is 1. The number of carbonyl (C=O) groups is 1. The summed E-state index contributed by atoms with van der Waals surface area (Å²) >= 11 is 0. The van der Waals surface area contributed by atoms with Crippen molar-refractivity contribution in [3.05, 3.63) is 121 Å². The maximum absolute atomic E-state index is 12.3. The molecule has 1 unspecified atom stereocenters. The molecule has 0 fully saturated rings. The van der Waals surface area contributed by atoms with E-state index >= 15 is 0 Å². The largest absolute Gasteiger partial charge is 1.00 e. The van der Waals surface area contributed by atoms with Gasteiger partial charge < -0.3 is 22.3 Å². The molecule has 4 rings (SSSR count). The lowest BCUT2D eigenvalue weighted by molar-refractivity contribution is -0.703. The molecule has 0 spiro atoms. The lowest BCUT2D eigenvalue weighted by Gasteiger charge is -2.11. The molecule has 0 saturated carbocycles. The van der Waals surface area contributed by atoms with Gasteiger partial charge in [0.2, 0.25) is 0 Å². The summed E-state index contributed by atoms with van der Waals surface area (Å²) in [6.07, 6.45) is 3.64. The molecule has 4 nitrogen and oxygen atoms in total. The fourth-order valence-electron chi connectivity index (χ4n) is 3.51. The van der Waals surface area contributed by atoms with Gasteiger partial charge in [0.1, 0.15) is 18.5 Å². The second-order valence-corrected chi connectivity index (χ2v) is 7.72. The van der Waals surface area contributed by atoms with Crippen molar-refractivity contribution in [1.82, 2.24) is 0 Å². The molecule has 1 N–H and O–H groups in total. The molecule has 5 heteroatoms. The van der Waals surface area contributed by atoms with Crippen molar-refractivity contribution in [1.29, 1.82) is 0 Å². The van der Waals surface area contributed by atoms with Crippen molar-refractivity contribution < 1.29 is 31.6 Å². The van der Waals surface area contributed by atoms with Gasteiger partial charge in [0.05, 0.1) is 0 Å². The molecule has 0 saturated heterocycles. The van der Waals surface area contributed by atoms with Crippen LogP contribution in [0.5, 0.6) is 5.75 Å². The van der Waals surface area contributed by atoms with Crippen LogP contribution in [0.2, 0.25) is 0 Å². The van der Waals surface area contributed by atoms with Crippen molar-refractivity contribution >= 4 is 5.78 Å². The third-order valence-corrected chi connectivity index (χ3v) is 5.25. The zero-order valence-corrected chi connectivity index (χ0v) is 18.9. The van der Waals surface area contributed by atoms with Crippen LogP contribution >= 0.6 is 0 Å². The van der Waals surface area contributed by atoms with Crippen LogP contribution in [0.25, 0.3) is 11.1 Å². The lowest BCUT2D eigenvalue weighted by Crippen LogP contribution is -3.00. The minimum Gasteiger partial charge on any atom is -1.00 e. The number of pyridine rings is 1. The first kappa shape index (κ1) is 24.2. The predicted octanol–water partition coefficient (Wildman–Crippen LogP) is 1.51. The Labute approximate surface area is 200 Å². The molecule has 0 radical (unpaired) electrons. The summed E-state index contributed by atoms with van der Waals surface area (Å²) in [6.45, 7) is 0.633. The lowest BCUT2D eigenvalue weighted by atomic mass is 10.0. The van der Waals surface area contributed by atoms with Gasteiger partial charge in [0, 0.05) is 24.1 Å². The highest BCUT2D eigenvalue weighted by Crippen LogP contribution is 2.17. The Hall–Kier alpha value is -3.47. The van der Waals surface area contributed by atoms with Crippen molar-refractivity contribution in [3.63, 3.8) is 0 Å². The van der Waals surface area contributed by atoms with Crippen LogP contribution in [0.1, 0.15) is 15.9 Å². The topological polar surface area (TPSA) is 50.4 Å². The molecule has 1 atom stereocenters. The van der Waals surface area contributed by atoms with Crippen LogP contribution in [-0.4, -0.2) is 23.6 Å². The summed E-state index contributed by atoms with van der Waals surface area (Å²) in [6, 6.07) is 31.0. The number of hydrogen-bond acceptors (Lipinski definition) is 3. The SMILES string of the molecule is O=C(Cc1ccc(OCC(O)C[n+]2ccc(-c3ccccc3)cc2)cc1)c1ccccc1.[Cl-]. The van der Waals surface area contributed by atoms with Gasteiger partial charge in [-0.1, -0.05) is 72.8 Å². The first-order chi connectivity index (χ1) is 15.7. The van der Waals surface area contributed by atoms with Gasteiger partial charge in [0.25, 0.3) is 0 Å². The Morgan fingerprint density at radius 2 is 1.36 bits per heavy atom. The van der Waals surface area contributed by atoms with E-state index in [-0.39, 0.29) is 24.8 Å². The van der Waals surface area contributed by atoms with Crippen molar-refractivity contribution in [2.45, 2.75) is 19.1 Å². The number of ether oxygens (including phenoxy) is 1. The van der Waals surface area contributed by atoms with E-state index in [2.05, 4.69) is 12.1 Å². The summed E-state index contributed by atoms with van der Waals surface area (Å²) in [5.74, 6) is 0.759. The molecule has 168 valence electrons. The summed E-state index contributed by atoms with van der Waals surface area (Å²) < 4.78 is 7.67. The maximum Gasteiger partial charge on any atom is 0.177 e. The number of benzene rings is 3. The number of aliphatic hydroxyl groups is 1. The first-order valence-corrected chi connectivity index (χ1v) is 10.7. The highest BCUT2D eigenvalue weighted by molar-refractivity contribution is 5.97. The molecule has 1 heterocycles. The minimum atomic E-state index is -0.637. The van der Waals surface area contributed by atoms with E-state index in [4.69, 9.17) is 4.74 Å². The second kappa shape index (κ2) is 12.0. The van der Waals surface area contributed by atoms with Gasteiger partial charge in [-0.25, -0.2) is 4.57 Å². The normalized spacial score (nSPS) is 11.3.